The predicted octanol–water partition coefficient (Wildman–Crippen LogP) is 2.23. The number of aldehydes is 1. The van der Waals surface area contributed by atoms with Gasteiger partial charge in [-0.15, -0.1) is 0 Å². The van der Waals surface area contributed by atoms with Gasteiger partial charge in [0.2, 0.25) is 0 Å². The number of anilines is 1. The molecule has 0 amide bonds. The number of nitriles is 1. The number of nitrogens with zero attached hydrogens (tertiary/aromatic N) is 3. The molecule has 0 radical (unpaired) electrons. The molecule has 104 valence electrons. The Morgan fingerprint density at radius 3 is 2.60 bits per heavy atom. The van der Waals surface area contributed by atoms with Crippen molar-refractivity contribution in [3.05, 3.63) is 33.9 Å². The van der Waals surface area contributed by atoms with Gasteiger partial charge in [0.25, 0.3) is 5.69 Å². The minimum absolute atomic E-state index is 0.00538. The fraction of sp³-hybridized carbons (Fsp3) is 0.231. The second-order valence-corrected chi connectivity index (χ2v) is 3.81. The van der Waals surface area contributed by atoms with Gasteiger partial charge in [0.15, 0.2) is 0 Å². The number of hydrogen-bond acceptors (Lipinski definition) is 5. The smallest absolute Gasteiger partial charge is 0.271 e. The molecule has 0 saturated carbocycles. The molecule has 1 heterocycles. The number of hydrogen-bond donors (Lipinski definition) is 1. The maximum Gasteiger partial charge on any atom is 0.271 e. The van der Waals surface area contributed by atoms with Crippen LogP contribution in [0, 0.1) is 21.4 Å². The number of aryl methyl sites for hydroxylation is 1. The minimum atomic E-state index is -0.464. The van der Waals surface area contributed by atoms with E-state index in [4.69, 9.17) is 15.8 Å². The molecular formula is C13H14N4O3. The SMILES string of the molecule is CC=O.CCn1c(N)c(C#N)c2ccc([N+](=O)[O-])cc21. The van der Waals surface area contributed by atoms with Crippen LogP contribution in [-0.4, -0.2) is 15.8 Å². The van der Waals surface area contributed by atoms with Gasteiger partial charge in [-0.3, -0.25) is 10.1 Å². The number of non-ortho nitro benzene ring substituents is 1. The normalized spacial score (nSPS) is 9.45. The molecule has 1 aromatic carbocycles. The molecular weight excluding hydrogens is 260 g/mol. The number of nitrogen functional groups attached to an aromatic ring is 1. The lowest BCUT2D eigenvalue weighted by molar-refractivity contribution is -0.384. The Kier molecular flexibility index (Phi) is 4.81. The number of fused-ring (bicyclic) bond motifs is 1. The van der Waals surface area contributed by atoms with Gasteiger partial charge in [-0.1, -0.05) is 0 Å². The van der Waals surface area contributed by atoms with E-state index in [-0.39, 0.29) is 5.69 Å². The Hall–Kier alpha value is -2.88. The van der Waals surface area contributed by atoms with Crippen LogP contribution in [0.25, 0.3) is 10.9 Å². The number of nitrogens with two attached hydrogens (primary N) is 1. The zero-order valence-corrected chi connectivity index (χ0v) is 11.2. The van der Waals surface area contributed by atoms with Crippen molar-refractivity contribution < 1.29 is 9.72 Å². The molecule has 0 spiro atoms. The van der Waals surface area contributed by atoms with E-state index in [9.17, 15) is 10.1 Å². The summed E-state index contributed by atoms with van der Waals surface area (Å²) in [5, 5.41) is 20.4. The molecule has 20 heavy (non-hydrogen) atoms. The first-order chi connectivity index (χ1) is 9.51. The average molecular weight is 274 g/mol. The molecule has 0 bridgehead atoms. The number of carbonyl (C=O) groups is 1. The second-order valence-electron chi connectivity index (χ2n) is 3.81. The number of benzene rings is 1. The van der Waals surface area contributed by atoms with Crippen LogP contribution in [-0.2, 0) is 11.3 Å². The highest BCUT2D eigenvalue weighted by atomic mass is 16.6. The van der Waals surface area contributed by atoms with Crippen LogP contribution in [0.3, 0.4) is 0 Å². The summed E-state index contributed by atoms with van der Waals surface area (Å²) < 4.78 is 1.70. The summed E-state index contributed by atoms with van der Waals surface area (Å²) in [6.07, 6.45) is 0.750. The van der Waals surface area contributed by atoms with Crippen LogP contribution >= 0.6 is 0 Å². The molecule has 2 N–H and O–H groups in total. The number of carbonyl (C=O) groups excluding carboxylic acids is 1. The zero-order chi connectivity index (χ0) is 15.3. The summed E-state index contributed by atoms with van der Waals surface area (Å²) in [5.41, 5.74) is 6.82. The third-order valence-electron chi connectivity index (χ3n) is 2.73. The fourth-order valence-corrected chi connectivity index (χ4v) is 1.93. The quantitative estimate of drug-likeness (QED) is 0.512. The molecule has 2 rings (SSSR count). The molecule has 0 saturated heterocycles. The summed E-state index contributed by atoms with van der Waals surface area (Å²) in [6, 6.07) is 6.41. The average Bonchev–Trinajstić information content (AvgIpc) is 2.69. The van der Waals surface area contributed by atoms with Gasteiger partial charge in [-0.05, 0) is 19.9 Å². The van der Waals surface area contributed by atoms with Gasteiger partial charge in [0, 0.05) is 24.1 Å². The van der Waals surface area contributed by atoms with E-state index in [0.717, 1.165) is 6.29 Å². The van der Waals surface area contributed by atoms with Crippen LogP contribution in [0.1, 0.15) is 19.4 Å². The first-order valence-corrected chi connectivity index (χ1v) is 5.87. The third-order valence-corrected chi connectivity index (χ3v) is 2.73. The Bertz CT molecular complexity index is 698. The zero-order valence-electron chi connectivity index (χ0n) is 11.2. The van der Waals surface area contributed by atoms with Crippen LogP contribution in [0.5, 0.6) is 0 Å². The van der Waals surface area contributed by atoms with E-state index in [1.165, 1.54) is 19.1 Å². The van der Waals surface area contributed by atoms with Crippen LogP contribution in [0.4, 0.5) is 11.5 Å². The lowest BCUT2D eigenvalue weighted by Gasteiger charge is -2.02. The van der Waals surface area contributed by atoms with Crippen molar-refractivity contribution in [3.8, 4) is 6.07 Å². The Morgan fingerprint density at radius 1 is 1.55 bits per heavy atom. The molecule has 7 nitrogen and oxygen atoms in total. The predicted molar refractivity (Wildman–Crippen MR) is 75.1 cm³/mol. The summed E-state index contributed by atoms with van der Waals surface area (Å²) in [7, 11) is 0. The van der Waals surface area contributed by atoms with Gasteiger partial charge in [0.05, 0.1) is 10.4 Å². The summed E-state index contributed by atoms with van der Waals surface area (Å²) >= 11 is 0. The van der Waals surface area contributed by atoms with Crippen molar-refractivity contribution in [2.45, 2.75) is 20.4 Å². The van der Waals surface area contributed by atoms with E-state index < -0.39 is 4.92 Å². The highest BCUT2D eigenvalue weighted by Crippen LogP contribution is 2.30. The lowest BCUT2D eigenvalue weighted by atomic mass is 10.1. The molecule has 0 fully saturated rings. The van der Waals surface area contributed by atoms with Gasteiger partial charge >= 0.3 is 0 Å². The number of aromatic nitrogens is 1. The van der Waals surface area contributed by atoms with Gasteiger partial charge < -0.3 is 15.1 Å². The van der Waals surface area contributed by atoms with E-state index in [2.05, 4.69) is 0 Å². The number of nitro benzene ring substituents is 1. The summed E-state index contributed by atoms with van der Waals surface area (Å²) in [5.74, 6) is 0.352. The molecule has 0 atom stereocenters. The van der Waals surface area contributed by atoms with Crippen molar-refractivity contribution >= 4 is 28.7 Å². The summed E-state index contributed by atoms with van der Waals surface area (Å²) in [4.78, 5) is 19.0. The monoisotopic (exact) mass is 274 g/mol. The fourth-order valence-electron chi connectivity index (χ4n) is 1.93. The van der Waals surface area contributed by atoms with Crippen LogP contribution in [0.2, 0.25) is 0 Å². The van der Waals surface area contributed by atoms with E-state index in [1.807, 2.05) is 13.0 Å². The van der Waals surface area contributed by atoms with Crippen molar-refractivity contribution in [1.82, 2.24) is 4.57 Å². The highest BCUT2D eigenvalue weighted by molar-refractivity contribution is 5.93. The first-order valence-electron chi connectivity index (χ1n) is 5.87. The topological polar surface area (TPSA) is 115 Å². The van der Waals surface area contributed by atoms with Crippen molar-refractivity contribution in [2.24, 2.45) is 0 Å². The summed E-state index contributed by atoms with van der Waals surface area (Å²) in [6.45, 7) is 3.88. The van der Waals surface area contributed by atoms with E-state index >= 15 is 0 Å². The van der Waals surface area contributed by atoms with Crippen LogP contribution < -0.4 is 5.73 Å². The number of rotatable bonds is 2. The lowest BCUT2D eigenvalue weighted by Crippen LogP contribution is -2.00. The molecule has 0 aliphatic carbocycles. The number of nitro groups is 1. The van der Waals surface area contributed by atoms with Gasteiger partial charge in [-0.25, -0.2) is 0 Å². The Balaban J connectivity index is 0.000000612. The van der Waals surface area contributed by atoms with Gasteiger partial charge in [-0.2, -0.15) is 5.26 Å². The van der Waals surface area contributed by atoms with Gasteiger partial charge in [0.1, 0.15) is 23.7 Å². The molecule has 0 unspecified atom stereocenters. The van der Waals surface area contributed by atoms with E-state index in [1.54, 1.807) is 10.6 Å². The van der Waals surface area contributed by atoms with E-state index in [0.29, 0.717) is 28.8 Å². The van der Waals surface area contributed by atoms with Crippen molar-refractivity contribution in [3.63, 3.8) is 0 Å². The second kappa shape index (κ2) is 6.33. The molecule has 0 aliphatic rings. The molecule has 7 heteroatoms. The van der Waals surface area contributed by atoms with Crippen molar-refractivity contribution in [2.75, 3.05) is 5.73 Å². The molecule has 1 aromatic heterocycles. The standard InChI is InChI=1S/C11H10N4O2.C2H4O/c1-2-14-10-5-7(15(16)17)3-4-8(10)9(6-12)11(14)13;1-2-3/h3-5H,2,13H2,1H3;2H,1H3. The van der Waals surface area contributed by atoms with Crippen molar-refractivity contribution in [1.29, 1.82) is 5.26 Å². The Labute approximate surface area is 115 Å². The maximum atomic E-state index is 10.7. The highest BCUT2D eigenvalue weighted by Gasteiger charge is 2.16. The largest absolute Gasteiger partial charge is 0.384 e. The van der Waals surface area contributed by atoms with Crippen LogP contribution in [0.15, 0.2) is 18.2 Å². The Morgan fingerprint density at radius 2 is 2.15 bits per heavy atom. The molecule has 0 aliphatic heterocycles. The molecule has 2 aromatic rings. The third kappa shape index (κ3) is 2.59. The first kappa shape index (κ1) is 15.2. The minimum Gasteiger partial charge on any atom is -0.384 e. The maximum absolute atomic E-state index is 10.7.